The molecule has 3 aromatic carbocycles. The van der Waals surface area contributed by atoms with Crippen LogP contribution in [-0.4, -0.2) is 30.9 Å². The highest BCUT2D eigenvalue weighted by Crippen LogP contribution is 2.40. The molecule has 36 heavy (non-hydrogen) atoms. The second-order valence-electron chi connectivity index (χ2n) is 8.11. The van der Waals surface area contributed by atoms with Gasteiger partial charge in [-0.3, -0.25) is 9.69 Å². The molecule has 1 heterocycles. The van der Waals surface area contributed by atoms with Crippen molar-refractivity contribution in [1.29, 1.82) is 0 Å². The average molecular weight is 560 g/mol. The highest BCUT2D eigenvalue weighted by molar-refractivity contribution is 8.27. The van der Waals surface area contributed by atoms with E-state index in [4.69, 9.17) is 44.9 Å². The van der Waals surface area contributed by atoms with Crippen molar-refractivity contribution in [2.24, 2.45) is 0 Å². The number of ether oxygens (including phenoxy) is 2. The fourth-order valence-electron chi connectivity index (χ4n) is 3.55. The predicted molar refractivity (Wildman–Crippen MR) is 155 cm³/mol. The molecule has 0 N–H and O–H groups in total. The molecule has 0 atom stereocenters. The molecule has 1 aliphatic rings. The van der Waals surface area contributed by atoms with Crippen LogP contribution in [0.25, 0.3) is 6.08 Å². The first-order valence-electron chi connectivity index (χ1n) is 11.2. The summed E-state index contributed by atoms with van der Waals surface area (Å²) < 4.78 is 12.3. The van der Waals surface area contributed by atoms with Crippen LogP contribution in [0, 0.1) is 0 Å². The summed E-state index contributed by atoms with van der Waals surface area (Å²) in [6, 6.07) is 18.6. The number of hydrogen-bond acceptors (Lipinski definition) is 6. The van der Waals surface area contributed by atoms with E-state index in [1.54, 1.807) is 29.2 Å². The van der Waals surface area contributed by atoms with Gasteiger partial charge in [-0.1, -0.05) is 59.3 Å². The first kappa shape index (κ1) is 26.4. The van der Waals surface area contributed by atoms with Gasteiger partial charge in [0.15, 0.2) is 15.8 Å². The molecule has 0 bridgehead atoms. The SMILES string of the molecule is CCOc1cc(/C=C2\SC(=S)N(c3ccc(N(C)C)cc3)C2=O)cc(Cl)c1OCc1ccc(Cl)cc1. The van der Waals surface area contributed by atoms with Gasteiger partial charge in [0, 0.05) is 24.8 Å². The molecule has 9 heteroatoms. The van der Waals surface area contributed by atoms with Gasteiger partial charge in [0.25, 0.3) is 5.91 Å². The number of thioether (sulfide) groups is 1. The second-order valence-corrected chi connectivity index (χ2v) is 10.6. The van der Waals surface area contributed by atoms with Crippen molar-refractivity contribution in [2.45, 2.75) is 13.5 Å². The molecule has 1 fully saturated rings. The van der Waals surface area contributed by atoms with Crippen molar-refractivity contribution in [3.8, 4) is 11.5 Å². The van der Waals surface area contributed by atoms with E-state index >= 15 is 0 Å². The molecule has 1 amide bonds. The highest BCUT2D eigenvalue weighted by atomic mass is 35.5. The quantitative estimate of drug-likeness (QED) is 0.211. The van der Waals surface area contributed by atoms with Crippen molar-refractivity contribution in [3.05, 3.63) is 86.7 Å². The number of thiocarbonyl (C=S) groups is 1. The largest absolute Gasteiger partial charge is 0.490 e. The van der Waals surface area contributed by atoms with E-state index in [2.05, 4.69) is 0 Å². The molecular formula is C27H24Cl2N2O3S2. The minimum absolute atomic E-state index is 0.181. The molecule has 0 unspecified atom stereocenters. The van der Waals surface area contributed by atoms with Crippen molar-refractivity contribution < 1.29 is 14.3 Å². The van der Waals surface area contributed by atoms with Crippen LogP contribution in [0.5, 0.6) is 11.5 Å². The second kappa shape index (κ2) is 11.6. The zero-order chi connectivity index (χ0) is 25.8. The van der Waals surface area contributed by atoms with Gasteiger partial charge in [0.05, 0.1) is 22.2 Å². The van der Waals surface area contributed by atoms with Crippen molar-refractivity contribution >= 4 is 74.9 Å². The van der Waals surface area contributed by atoms with E-state index in [1.165, 1.54) is 11.8 Å². The van der Waals surface area contributed by atoms with E-state index < -0.39 is 0 Å². The molecular weight excluding hydrogens is 535 g/mol. The number of carbonyl (C=O) groups excluding carboxylic acids is 1. The number of rotatable bonds is 8. The van der Waals surface area contributed by atoms with E-state index in [1.807, 2.05) is 68.4 Å². The zero-order valence-electron chi connectivity index (χ0n) is 20.0. The molecule has 4 rings (SSSR count). The lowest BCUT2D eigenvalue weighted by molar-refractivity contribution is -0.113. The number of anilines is 2. The summed E-state index contributed by atoms with van der Waals surface area (Å²) in [5.74, 6) is 0.763. The monoisotopic (exact) mass is 558 g/mol. The van der Waals surface area contributed by atoms with Crippen LogP contribution in [0.3, 0.4) is 0 Å². The van der Waals surface area contributed by atoms with Gasteiger partial charge in [-0.2, -0.15) is 0 Å². The third-order valence-electron chi connectivity index (χ3n) is 5.34. The van der Waals surface area contributed by atoms with Crippen LogP contribution in [0.1, 0.15) is 18.1 Å². The Balaban J connectivity index is 1.57. The van der Waals surface area contributed by atoms with Gasteiger partial charge in [-0.25, -0.2) is 0 Å². The minimum Gasteiger partial charge on any atom is -0.490 e. The van der Waals surface area contributed by atoms with Gasteiger partial charge >= 0.3 is 0 Å². The third-order valence-corrected chi connectivity index (χ3v) is 7.18. The highest BCUT2D eigenvalue weighted by Gasteiger charge is 2.33. The van der Waals surface area contributed by atoms with Crippen LogP contribution in [0.2, 0.25) is 10.0 Å². The van der Waals surface area contributed by atoms with E-state index in [9.17, 15) is 4.79 Å². The van der Waals surface area contributed by atoms with Crippen LogP contribution >= 0.6 is 47.2 Å². The van der Waals surface area contributed by atoms with Gasteiger partial charge in [0.2, 0.25) is 0 Å². The lowest BCUT2D eigenvalue weighted by Crippen LogP contribution is -2.27. The topological polar surface area (TPSA) is 42.0 Å². The Labute approximate surface area is 230 Å². The van der Waals surface area contributed by atoms with Crippen LogP contribution in [-0.2, 0) is 11.4 Å². The summed E-state index contributed by atoms with van der Waals surface area (Å²) in [4.78, 5) is 17.3. The van der Waals surface area contributed by atoms with Crippen LogP contribution < -0.4 is 19.3 Å². The molecule has 0 aromatic heterocycles. The Morgan fingerprint density at radius 1 is 1.03 bits per heavy atom. The summed E-state index contributed by atoms with van der Waals surface area (Å²) in [6.07, 6.45) is 1.77. The maximum absolute atomic E-state index is 13.2. The number of amides is 1. The fourth-order valence-corrected chi connectivity index (χ4v) is 5.25. The Kier molecular flexibility index (Phi) is 8.46. The Bertz CT molecular complexity index is 1310. The van der Waals surface area contributed by atoms with Crippen molar-refractivity contribution in [3.63, 3.8) is 0 Å². The molecule has 5 nitrogen and oxygen atoms in total. The predicted octanol–water partition coefficient (Wildman–Crippen LogP) is 7.44. The zero-order valence-corrected chi connectivity index (χ0v) is 23.1. The fraction of sp³-hybridized carbons (Fsp3) is 0.185. The number of carbonyl (C=O) groups is 1. The summed E-state index contributed by atoms with van der Waals surface area (Å²) in [6.45, 7) is 2.62. The Hall–Kier alpha value is -2.71. The van der Waals surface area contributed by atoms with Crippen molar-refractivity contribution in [1.82, 2.24) is 0 Å². The maximum atomic E-state index is 13.2. The Morgan fingerprint density at radius 2 is 1.72 bits per heavy atom. The Morgan fingerprint density at radius 3 is 2.36 bits per heavy atom. The van der Waals surface area contributed by atoms with E-state index in [0.29, 0.717) is 49.5 Å². The van der Waals surface area contributed by atoms with Crippen LogP contribution in [0.15, 0.2) is 65.6 Å². The molecule has 0 aliphatic carbocycles. The lowest BCUT2D eigenvalue weighted by atomic mass is 10.1. The molecule has 0 radical (unpaired) electrons. The first-order valence-corrected chi connectivity index (χ1v) is 13.1. The van der Waals surface area contributed by atoms with Crippen LogP contribution in [0.4, 0.5) is 11.4 Å². The number of hydrogen-bond donors (Lipinski definition) is 0. The molecule has 0 spiro atoms. The number of nitrogens with zero attached hydrogens (tertiary/aromatic N) is 2. The van der Waals surface area contributed by atoms with E-state index in [-0.39, 0.29) is 5.91 Å². The molecule has 186 valence electrons. The molecule has 3 aromatic rings. The first-order chi connectivity index (χ1) is 17.3. The molecule has 1 saturated heterocycles. The summed E-state index contributed by atoms with van der Waals surface area (Å²) in [5, 5.41) is 1.04. The molecule has 1 aliphatic heterocycles. The summed E-state index contributed by atoms with van der Waals surface area (Å²) in [5.41, 5.74) is 3.43. The number of halogens is 2. The maximum Gasteiger partial charge on any atom is 0.270 e. The van der Waals surface area contributed by atoms with Gasteiger partial charge in [-0.15, -0.1) is 0 Å². The minimum atomic E-state index is -0.181. The smallest absolute Gasteiger partial charge is 0.270 e. The lowest BCUT2D eigenvalue weighted by Gasteiger charge is -2.17. The van der Waals surface area contributed by atoms with Gasteiger partial charge < -0.3 is 14.4 Å². The standard InChI is InChI=1S/C27H24Cl2N2O3S2/c1-4-33-23-14-18(13-22(29)25(23)34-16-17-5-7-19(28)8-6-17)15-24-26(32)31(27(35)36-24)21-11-9-20(10-12-21)30(2)3/h5-15H,4,16H2,1-3H3/b24-15-. The normalized spacial score (nSPS) is 14.5. The van der Waals surface area contributed by atoms with Gasteiger partial charge in [-0.05, 0) is 72.7 Å². The summed E-state index contributed by atoms with van der Waals surface area (Å²) >= 11 is 19.3. The average Bonchev–Trinajstić information content (AvgIpc) is 3.12. The summed E-state index contributed by atoms with van der Waals surface area (Å²) in [7, 11) is 3.93. The third kappa shape index (κ3) is 5.98. The van der Waals surface area contributed by atoms with Gasteiger partial charge in [0.1, 0.15) is 6.61 Å². The number of benzene rings is 3. The van der Waals surface area contributed by atoms with Crippen molar-refractivity contribution in [2.75, 3.05) is 30.5 Å². The van der Waals surface area contributed by atoms with E-state index in [0.717, 1.165) is 16.9 Å². The molecule has 0 saturated carbocycles.